The van der Waals surface area contributed by atoms with E-state index in [1.54, 1.807) is 24.5 Å². The van der Waals surface area contributed by atoms with Crippen LogP contribution < -0.4 is 0 Å². The van der Waals surface area contributed by atoms with Gasteiger partial charge in [0.1, 0.15) is 0 Å². The molecule has 3 rings (SSSR count). The number of halogens is 1. The van der Waals surface area contributed by atoms with Gasteiger partial charge in [-0.15, -0.1) is 0 Å². The van der Waals surface area contributed by atoms with Crippen molar-refractivity contribution in [2.24, 2.45) is 0 Å². The van der Waals surface area contributed by atoms with Crippen LogP contribution >= 0.6 is 11.6 Å². The third kappa shape index (κ3) is 2.83. The first-order valence-corrected chi connectivity index (χ1v) is 7.08. The van der Waals surface area contributed by atoms with Crippen LogP contribution in [0.1, 0.15) is 28.8 Å². The predicted octanol–water partition coefficient (Wildman–Crippen LogP) is 3.54. The lowest BCUT2D eigenvalue weighted by atomic mass is 10.2. The molecular weight excluding hydrogens is 272 g/mol. The Labute approximate surface area is 123 Å². The van der Waals surface area contributed by atoms with Crippen LogP contribution in [0, 0.1) is 0 Å². The Kier molecular flexibility index (Phi) is 3.70. The Bertz CT molecular complexity index is 611. The maximum absolute atomic E-state index is 12.6. The molecule has 102 valence electrons. The first kappa shape index (κ1) is 13.1. The Morgan fingerprint density at radius 1 is 1.25 bits per heavy atom. The van der Waals surface area contributed by atoms with E-state index in [4.69, 9.17) is 11.6 Å². The number of hydrogen-bond donors (Lipinski definition) is 0. The van der Waals surface area contributed by atoms with Gasteiger partial charge < -0.3 is 4.90 Å². The van der Waals surface area contributed by atoms with Gasteiger partial charge in [-0.1, -0.05) is 29.8 Å². The minimum Gasteiger partial charge on any atom is -0.331 e. The maximum atomic E-state index is 12.6. The first-order chi connectivity index (χ1) is 9.75. The second-order valence-corrected chi connectivity index (χ2v) is 5.40. The number of rotatable bonds is 4. The van der Waals surface area contributed by atoms with Crippen LogP contribution in [0.4, 0.5) is 0 Å². The molecule has 4 heteroatoms. The van der Waals surface area contributed by atoms with Crippen molar-refractivity contribution in [3.8, 4) is 0 Å². The topological polar surface area (TPSA) is 33.2 Å². The van der Waals surface area contributed by atoms with Crippen LogP contribution in [0.15, 0.2) is 48.8 Å². The lowest BCUT2D eigenvalue weighted by Crippen LogP contribution is -2.32. The standard InChI is InChI=1S/C16H15ClN2O/c17-15-6-2-1-4-13(15)11-19(14-7-8-14)16(20)12-5-3-9-18-10-12/h1-6,9-10,14H,7-8,11H2. The molecule has 0 aliphatic heterocycles. The SMILES string of the molecule is O=C(c1cccnc1)N(Cc1ccccc1Cl)C1CC1. The fourth-order valence-electron chi connectivity index (χ4n) is 2.22. The number of benzene rings is 1. The zero-order valence-corrected chi connectivity index (χ0v) is 11.8. The van der Waals surface area contributed by atoms with E-state index in [1.165, 1.54) is 0 Å². The van der Waals surface area contributed by atoms with Crippen LogP contribution in [0.25, 0.3) is 0 Å². The monoisotopic (exact) mass is 286 g/mol. The van der Waals surface area contributed by atoms with E-state index in [9.17, 15) is 4.79 Å². The van der Waals surface area contributed by atoms with Crippen LogP contribution in [-0.2, 0) is 6.54 Å². The average Bonchev–Trinajstić information content (AvgIpc) is 3.31. The van der Waals surface area contributed by atoms with Gasteiger partial charge in [-0.05, 0) is 36.6 Å². The van der Waals surface area contributed by atoms with Crippen molar-refractivity contribution in [3.63, 3.8) is 0 Å². The Hall–Kier alpha value is -1.87. The van der Waals surface area contributed by atoms with E-state index in [0.29, 0.717) is 23.2 Å². The van der Waals surface area contributed by atoms with E-state index >= 15 is 0 Å². The molecule has 1 aliphatic rings. The molecule has 1 aromatic carbocycles. The summed E-state index contributed by atoms with van der Waals surface area (Å²) in [5.74, 6) is 0.0283. The molecule has 0 atom stereocenters. The molecule has 1 saturated carbocycles. The molecule has 20 heavy (non-hydrogen) atoms. The highest BCUT2D eigenvalue weighted by Crippen LogP contribution is 2.31. The van der Waals surface area contributed by atoms with Gasteiger partial charge >= 0.3 is 0 Å². The summed E-state index contributed by atoms with van der Waals surface area (Å²) in [5, 5.41) is 0.706. The molecule has 1 fully saturated rings. The summed E-state index contributed by atoms with van der Waals surface area (Å²) in [6, 6.07) is 11.6. The largest absolute Gasteiger partial charge is 0.331 e. The number of nitrogens with zero attached hydrogens (tertiary/aromatic N) is 2. The lowest BCUT2D eigenvalue weighted by Gasteiger charge is -2.23. The quantitative estimate of drug-likeness (QED) is 0.861. The van der Waals surface area contributed by atoms with Crippen molar-refractivity contribution in [1.82, 2.24) is 9.88 Å². The van der Waals surface area contributed by atoms with Gasteiger partial charge in [-0.2, -0.15) is 0 Å². The molecule has 0 saturated heterocycles. The Balaban J connectivity index is 1.83. The van der Waals surface area contributed by atoms with Gasteiger partial charge in [0.25, 0.3) is 5.91 Å². The highest BCUT2D eigenvalue weighted by atomic mass is 35.5. The summed E-state index contributed by atoms with van der Waals surface area (Å²) in [4.78, 5) is 18.5. The summed E-state index contributed by atoms with van der Waals surface area (Å²) in [5.41, 5.74) is 1.62. The van der Waals surface area contributed by atoms with Gasteiger partial charge in [-0.25, -0.2) is 0 Å². The minimum absolute atomic E-state index is 0.0283. The van der Waals surface area contributed by atoms with Gasteiger partial charge in [0.05, 0.1) is 5.56 Å². The zero-order valence-electron chi connectivity index (χ0n) is 11.0. The minimum atomic E-state index is 0.0283. The molecule has 0 spiro atoms. The van der Waals surface area contributed by atoms with Crippen molar-refractivity contribution in [2.75, 3.05) is 0 Å². The van der Waals surface area contributed by atoms with Gasteiger partial charge in [0.2, 0.25) is 0 Å². The number of pyridine rings is 1. The summed E-state index contributed by atoms with van der Waals surface area (Å²) in [6.45, 7) is 0.554. The van der Waals surface area contributed by atoms with Gasteiger partial charge in [0.15, 0.2) is 0 Å². The number of hydrogen-bond acceptors (Lipinski definition) is 2. The molecule has 2 aromatic rings. The van der Waals surface area contributed by atoms with E-state index in [1.807, 2.05) is 29.2 Å². The van der Waals surface area contributed by atoms with Crippen LogP contribution in [0.5, 0.6) is 0 Å². The lowest BCUT2D eigenvalue weighted by molar-refractivity contribution is 0.0729. The first-order valence-electron chi connectivity index (χ1n) is 6.70. The molecule has 3 nitrogen and oxygen atoms in total. The predicted molar refractivity (Wildman–Crippen MR) is 78.6 cm³/mol. The van der Waals surface area contributed by atoms with E-state index < -0.39 is 0 Å². The fraction of sp³-hybridized carbons (Fsp3) is 0.250. The van der Waals surface area contributed by atoms with Crippen LogP contribution in [-0.4, -0.2) is 21.8 Å². The molecule has 1 heterocycles. The molecular formula is C16H15ClN2O. The summed E-state index contributed by atoms with van der Waals surface area (Å²) >= 11 is 6.19. The molecule has 0 radical (unpaired) electrons. The van der Waals surface area contributed by atoms with Gasteiger partial charge in [0, 0.05) is 30.0 Å². The van der Waals surface area contributed by atoms with E-state index in [0.717, 1.165) is 18.4 Å². The molecule has 1 amide bonds. The highest BCUT2D eigenvalue weighted by molar-refractivity contribution is 6.31. The molecule has 0 N–H and O–H groups in total. The number of amides is 1. The Morgan fingerprint density at radius 2 is 2.05 bits per heavy atom. The second kappa shape index (κ2) is 5.63. The zero-order chi connectivity index (χ0) is 13.9. The van der Waals surface area contributed by atoms with Gasteiger partial charge in [-0.3, -0.25) is 9.78 Å². The number of carbonyl (C=O) groups excluding carboxylic acids is 1. The van der Waals surface area contributed by atoms with Crippen molar-refractivity contribution < 1.29 is 4.79 Å². The van der Waals surface area contributed by atoms with Crippen molar-refractivity contribution in [2.45, 2.75) is 25.4 Å². The number of aromatic nitrogens is 1. The van der Waals surface area contributed by atoms with Crippen molar-refractivity contribution in [1.29, 1.82) is 0 Å². The third-order valence-corrected chi connectivity index (χ3v) is 3.82. The van der Waals surface area contributed by atoms with Crippen LogP contribution in [0.3, 0.4) is 0 Å². The molecule has 1 aromatic heterocycles. The molecule has 0 bridgehead atoms. The normalized spacial score (nSPS) is 14.1. The van der Waals surface area contributed by atoms with Crippen LogP contribution in [0.2, 0.25) is 5.02 Å². The molecule has 1 aliphatic carbocycles. The van der Waals surface area contributed by atoms with E-state index in [-0.39, 0.29) is 5.91 Å². The summed E-state index contributed by atoms with van der Waals surface area (Å²) in [6.07, 6.45) is 5.42. The second-order valence-electron chi connectivity index (χ2n) is 5.00. The van der Waals surface area contributed by atoms with Crippen molar-refractivity contribution >= 4 is 17.5 Å². The Morgan fingerprint density at radius 3 is 2.70 bits per heavy atom. The molecule has 0 unspecified atom stereocenters. The number of carbonyl (C=O) groups is 1. The van der Waals surface area contributed by atoms with Crippen molar-refractivity contribution in [3.05, 3.63) is 64.9 Å². The highest BCUT2D eigenvalue weighted by Gasteiger charge is 2.33. The average molecular weight is 287 g/mol. The fourth-order valence-corrected chi connectivity index (χ4v) is 2.41. The van der Waals surface area contributed by atoms with E-state index in [2.05, 4.69) is 4.98 Å². The summed E-state index contributed by atoms with van der Waals surface area (Å²) in [7, 11) is 0. The summed E-state index contributed by atoms with van der Waals surface area (Å²) < 4.78 is 0. The smallest absolute Gasteiger partial charge is 0.255 e. The maximum Gasteiger partial charge on any atom is 0.255 e. The third-order valence-electron chi connectivity index (χ3n) is 3.46.